The summed E-state index contributed by atoms with van der Waals surface area (Å²) in [5.74, 6) is 0.677. The third-order valence-electron chi connectivity index (χ3n) is 5.62. The summed E-state index contributed by atoms with van der Waals surface area (Å²) in [7, 11) is 2.11. The summed E-state index contributed by atoms with van der Waals surface area (Å²) in [6.07, 6.45) is 4.77. The summed E-state index contributed by atoms with van der Waals surface area (Å²) in [4.78, 5) is 19.2. The van der Waals surface area contributed by atoms with Gasteiger partial charge in [-0.05, 0) is 57.1 Å². The van der Waals surface area contributed by atoms with Crippen LogP contribution in [0.5, 0.6) is 0 Å². The molecule has 3 N–H and O–H groups in total. The highest BCUT2D eigenvalue weighted by molar-refractivity contribution is 5.94. The summed E-state index contributed by atoms with van der Waals surface area (Å²) in [6, 6.07) is 11.7. The lowest BCUT2D eigenvalue weighted by atomic mass is 10.1. The number of rotatable bonds is 8. The molecule has 1 saturated heterocycles. The molecule has 1 aliphatic heterocycles. The quantitative estimate of drug-likeness (QED) is 0.494. The Hall–Kier alpha value is -2.97. The Morgan fingerprint density at radius 3 is 2.80 bits per heavy atom. The maximum atomic E-state index is 12.5. The standard InChI is InChI=1S/C22H28N6O2/c1-27-12-2-4-18(27)14-25-22(30)17-7-5-16(6-8-17)19-15-24-21-10-9-20(26-28(19)21)23-11-3-13-29/h5-10,15,18,29H,2-4,11-14H2,1H3,(H,23,26)(H,25,30). The predicted octanol–water partition coefficient (Wildman–Crippen LogP) is 2.01. The highest BCUT2D eigenvalue weighted by atomic mass is 16.3. The van der Waals surface area contributed by atoms with Gasteiger partial charge in [0.25, 0.3) is 5.91 Å². The molecule has 0 radical (unpaired) electrons. The molecule has 0 bridgehead atoms. The molecule has 8 nitrogen and oxygen atoms in total. The minimum atomic E-state index is -0.0477. The lowest BCUT2D eigenvalue weighted by Crippen LogP contribution is -2.38. The van der Waals surface area contributed by atoms with Crippen LogP contribution in [0.3, 0.4) is 0 Å². The molecule has 8 heteroatoms. The van der Waals surface area contributed by atoms with Crippen LogP contribution in [0.4, 0.5) is 5.82 Å². The zero-order valence-corrected chi connectivity index (χ0v) is 17.2. The number of aromatic nitrogens is 3. The van der Waals surface area contributed by atoms with Crippen molar-refractivity contribution in [3.8, 4) is 11.3 Å². The van der Waals surface area contributed by atoms with Crippen LogP contribution in [0.1, 0.15) is 29.6 Å². The zero-order chi connectivity index (χ0) is 20.9. The molecule has 30 heavy (non-hydrogen) atoms. The second-order valence-electron chi connectivity index (χ2n) is 7.70. The van der Waals surface area contributed by atoms with Crippen LogP contribution >= 0.6 is 0 Å². The minimum Gasteiger partial charge on any atom is -0.396 e. The van der Waals surface area contributed by atoms with Crippen LogP contribution in [-0.4, -0.2) is 69.8 Å². The van der Waals surface area contributed by atoms with Crippen molar-refractivity contribution in [1.82, 2.24) is 24.8 Å². The third kappa shape index (κ3) is 4.44. The Bertz CT molecular complexity index is 1000. The monoisotopic (exact) mass is 408 g/mol. The number of nitrogens with zero attached hydrogens (tertiary/aromatic N) is 4. The molecule has 1 aliphatic rings. The van der Waals surface area contributed by atoms with Crippen molar-refractivity contribution >= 4 is 17.4 Å². The Morgan fingerprint density at radius 2 is 2.07 bits per heavy atom. The molecule has 1 aromatic carbocycles. The number of carbonyl (C=O) groups excluding carboxylic acids is 1. The number of nitrogens with one attached hydrogen (secondary N) is 2. The molecule has 4 rings (SSSR count). The first-order valence-electron chi connectivity index (χ1n) is 10.4. The van der Waals surface area contributed by atoms with Gasteiger partial charge in [0.15, 0.2) is 5.65 Å². The van der Waals surface area contributed by atoms with Gasteiger partial charge in [-0.15, -0.1) is 5.10 Å². The molecule has 2 aromatic heterocycles. The number of aliphatic hydroxyl groups is 1. The molecule has 158 valence electrons. The number of aliphatic hydroxyl groups excluding tert-OH is 1. The van der Waals surface area contributed by atoms with Gasteiger partial charge in [0.1, 0.15) is 5.82 Å². The van der Waals surface area contributed by atoms with E-state index in [1.807, 2.05) is 36.4 Å². The fourth-order valence-electron chi connectivity index (χ4n) is 3.80. The van der Waals surface area contributed by atoms with Gasteiger partial charge in [-0.3, -0.25) is 4.79 Å². The number of hydrogen-bond donors (Lipinski definition) is 3. The van der Waals surface area contributed by atoms with Crippen molar-refractivity contribution in [3.05, 3.63) is 48.2 Å². The molecule has 1 amide bonds. The first-order chi connectivity index (χ1) is 14.7. The maximum Gasteiger partial charge on any atom is 0.251 e. The van der Waals surface area contributed by atoms with Crippen molar-refractivity contribution in [3.63, 3.8) is 0 Å². The van der Waals surface area contributed by atoms with E-state index in [1.54, 1.807) is 10.7 Å². The first kappa shape index (κ1) is 20.3. The van der Waals surface area contributed by atoms with E-state index in [9.17, 15) is 4.79 Å². The summed E-state index contributed by atoms with van der Waals surface area (Å²) in [5.41, 5.74) is 3.19. The molecule has 1 unspecified atom stereocenters. The van der Waals surface area contributed by atoms with E-state index in [0.29, 0.717) is 31.1 Å². The smallest absolute Gasteiger partial charge is 0.251 e. The van der Waals surface area contributed by atoms with Gasteiger partial charge in [-0.1, -0.05) is 12.1 Å². The van der Waals surface area contributed by atoms with Crippen molar-refractivity contribution in [2.75, 3.05) is 38.6 Å². The van der Waals surface area contributed by atoms with Crippen molar-refractivity contribution in [1.29, 1.82) is 0 Å². The van der Waals surface area contributed by atoms with Crippen LogP contribution in [-0.2, 0) is 0 Å². The van der Waals surface area contributed by atoms with Crippen molar-refractivity contribution < 1.29 is 9.90 Å². The molecule has 1 atom stereocenters. The van der Waals surface area contributed by atoms with E-state index in [2.05, 4.69) is 32.7 Å². The molecule has 0 aliphatic carbocycles. The summed E-state index contributed by atoms with van der Waals surface area (Å²) in [5, 5.41) is 19.8. The molecule has 3 heterocycles. The molecule has 0 saturated carbocycles. The number of amides is 1. The zero-order valence-electron chi connectivity index (χ0n) is 17.2. The highest BCUT2D eigenvalue weighted by Crippen LogP contribution is 2.21. The van der Waals surface area contributed by atoms with Crippen LogP contribution in [0.25, 0.3) is 16.9 Å². The van der Waals surface area contributed by atoms with Crippen LogP contribution < -0.4 is 10.6 Å². The number of hydrogen-bond acceptors (Lipinski definition) is 6. The van der Waals surface area contributed by atoms with Crippen molar-refractivity contribution in [2.45, 2.75) is 25.3 Å². The van der Waals surface area contributed by atoms with E-state index >= 15 is 0 Å². The number of carbonyl (C=O) groups is 1. The number of imidazole rings is 1. The lowest BCUT2D eigenvalue weighted by molar-refractivity contribution is 0.0943. The largest absolute Gasteiger partial charge is 0.396 e. The van der Waals surface area contributed by atoms with E-state index in [1.165, 1.54) is 6.42 Å². The second-order valence-corrected chi connectivity index (χ2v) is 7.70. The van der Waals surface area contributed by atoms with Gasteiger partial charge in [0, 0.05) is 36.9 Å². The lowest BCUT2D eigenvalue weighted by Gasteiger charge is -2.19. The average molecular weight is 409 g/mol. The normalized spacial score (nSPS) is 16.8. The summed E-state index contributed by atoms with van der Waals surface area (Å²) >= 11 is 0. The van der Waals surface area contributed by atoms with Gasteiger partial charge in [-0.2, -0.15) is 0 Å². The van der Waals surface area contributed by atoms with Gasteiger partial charge < -0.3 is 20.6 Å². The number of likely N-dealkylation sites (N-methyl/N-ethyl adjacent to an activating group) is 1. The average Bonchev–Trinajstić information content (AvgIpc) is 3.38. The fraction of sp³-hybridized carbons (Fsp3) is 0.409. The van der Waals surface area contributed by atoms with Crippen LogP contribution in [0.2, 0.25) is 0 Å². The molecule has 0 spiro atoms. The predicted molar refractivity (Wildman–Crippen MR) is 117 cm³/mol. The summed E-state index contributed by atoms with van der Waals surface area (Å²) in [6.45, 7) is 2.57. The molecule has 3 aromatic rings. The highest BCUT2D eigenvalue weighted by Gasteiger charge is 2.21. The van der Waals surface area contributed by atoms with Gasteiger partial charge in [-0.25, -0.2) is 9.50 Å². The second kappa shape index (κ2) is 9.23. The Morgan fingerprint density at radius 1 is 1.23 bits per heavy atom. The Labute approximate surface area is 175 Å². The fourth-order valence-corrected chi connectivity index (χ4v) is 3.80. The Balaban J connectivity index is 1.46. The van der Waals surface area contributed by atoms with E-state index < -0.39 is 0 Å². The van der Waals surface area contributed by atoms with Crippen LogP contribution in [0.15, 0.2) is 42.6 Å². The van der Waals surface area contributed by atoms with E-state index in [4.69, 9.17) is 5.11 Å². The third-order valence-corrected chi connectivity index (χ3v) is 5.62. The van der Waals surface area contributed by atoms with Gasteiger partial charge >= 0.3 is 0 Å². The SMILES string of the molecule is CN1CCCC1CNC(=O)c1ccc(-c2cnc3ccc(NCCCO)nn23)cc1. The molecular weight excluding hydrogens is 380 g/mol. The van der Waals surface area contributed by atoms with Crippen molar-refractivity contribution in [2.24, 2.45) is 0 Å². The number of benzene rings is 1. The van der Waals surface area contributed by atoms with Gasteiger partial charge in [0.2, 0.25) is 0 Å². The first-order valence-corrected chi connectivity index (χ1v) is 10.4. The maximum absolute atomic E-state index is 12.5. The van der Waals surface area contributed by atoms with E-state index in [-0.39, 0.29) is 12.5 Å². The minimum absolute atomic E-state index is 0.0477. The number of anilines is 1. The number of likely N-dealkylation sites (tertiary alicyclic amines) is 1. The Kier molecular flexibility index (Phi) is 6.25. The van der Waals surface area contributed by atoms with Crippen LogP contribution in [0, 0.1) is 0 Å². The van der Waals surface area contributed by atoms with Gasteiger partial charge in [0.05, 0.1) is 11.9 Å². The van der Waals surface area contributed by atoms with E-state index in [0.717, 1.165) is 35.7 Å². The topological polar surface area (TPSA) is 94.8 Å². The summed E-state index contributed by atoms with van der Waals surface area (Å²) < 4.78 is 1.78. The number of fused-ring (bicyclic) bond motifs is 1. The molecule has 1 fully saturated rings. The molecular formula is C22H28N6O2.